The van der Waals surface area contributed by atoms with E-state index in [1.54, 1.807) is 6.07 Å². The zero-order valence-electron chi connectivity index (χ0n) is 7.71. The molecule has 0 aliphatic carbocycles. The third-order valence-corrected chi connectivity index (χ3v) is 2.18. The van der Waals surface area contributed by atoms with Gasteiger partial charge in [-0.25, -0.2) is 0 Å². The van der Waals surface area contributed by atoms with Crippen molar-refractivity contribution in [3.63, 3.8) is 0 Å². The van der Waals surface area contributed by atoms with Gasteiger partial charge in [-0.05, 0) is 24.6 Å². The van der Waals surface area contributed by atoms with Crippen LogP contribution in [0.25, 0.3) is 0 Å². The Labute approximate surface area is 87.8 Å². The number of halogens is 1. The highest BCUT2D eigenvalue weighted by molar-refractivity contribution is 6.31. The molecule has 72 valence electrons. The summed E-state index contributed by atoms with van der Waals surface area (Å²) in [6.45, 7) is 1.88. The fourth-order valence-electron chi connectivity index (χ4n) is 1.00. The summed E-state index contributed by atoms with van der Waals surface area (Å²) in [7, 11) is 0. The van der Waals surface area contributed by atoms with Gasteiger partial charge in [0.15, 0.2) is 0 Å². The van der Waals surface area contributed by atoms with Gasteiger partial charge in [0.1, 0.15) is 5.82 Å². The van der Waals surface area contributed by atoms with Gasteiger partial charge in [-0.1, -0.05) is 17.7 Å². The zero-order valence-corrected chi connectivity index (χ0v) is 8.47. The second-order valence-electron chi connectivity index (χ2n) is 2.77. The molecule has 0 atom stereocenters. The number of hydrogen-bond donors (Lipinski definition) is 2. The maximum absolute atomic E-state index is 8.37. The lowest BCUT2D eigenvalue weighted by Crippen LogP contribution is -2.09. The molecule has 4 heteroatoms. The molecule has 14 heavy (non-hydrogen) atoms. The van der Waals surface area contributed by atoms with Crippen LogP contribution in [0.4, 0.5) is 5.69 Å². The molecule has 0 amide bonds. The Bertz CT molecular complexity index is 404. The molecule has 0 aliphatic rings. The first kappa shape index (κ1) is 10.4. The number of nitriles is 1. The van der Waals surface area contributed by atoms with Crippen LogP contribution in [0.15, 0.2) is 30.1 Å². The van der Waals surface area contributed by atoms with Gasteiger partial charge in [-0.2, -0.15) is 5.26 Å². The molecule has 0 radical (unpaired) electrons. The molecular formula is C10H10ClN3. The summed E-state index contributed by atoms with van der Waals surface area (Å²) < 4.78 is 0. The summed E-state index contributed by atoms with van der Waals surface area (Å²) >= 11 is 5.91. The van der Waals surface area contributed by atoms with Crippen molar-refractivity contribution < 1.29 is 0 Å². The van der Waals surface area contributed by atoms with E-state index in [9.17, 15) is 0 Å². The van der Waals surface area contributed by atoms with Crippen molar-refractivity contribution in [3.05, 3.63) is 40.7 Å². The zero-order chi connectivity index (χ0) is 10.6. The molecule has 0 spiro atoms. The van der Waals surface area contributed by atoms with Gasteiger partial charge in [0.25, 0.3) is 0 Å². The van der Waals surface area contributed by atoms with Crippen LogP contribution in [0.2, 0.25) is 5.02 Å². The molecule has 3 N–H and O–H groups in total. The van der Waals surface area contributed by atoms with Gasteiger partial charge in [0.05, 0.1) is 12.1 Å². The average Bonchev–Trinajstić information content (AvgIpc) is 2.13. The number of anilines is 1. The number of benzene rings is 1. The SMILES string of the molecule is Cc1c(Cl)cccc1N/C(N)=C\C#N. The van der Waals surface area contributed by atoms with Crippen molar-refractivity contribution in [2.45, 2.75) is 6.92 Å². The Hall–Kier alpha value is -1.66. The lowest BCUT2D eigenvalue weighted by molar-refractivity contribution is 1.29. The van der Waals surface area contributed by atoms with Gasteiger partial charge < -0.3 is 11.1 Å². The summed E-state index contributed by atoms with van der Waals surface area (Å²) in [5.41, 5.74) is 7.23. The highest BCUT2D eigenvalue weighted by Gasteiger charge is 2.01. The molecule has 0 bridgehead atoms. The predicted octanol–water partition coefficient (Wildman–Crippen LogP) is 2.38. The molecule has 3 nitrogen and oxygen atoms in total. The monoisotopic (exact) mass is 207 g/mol. The van der Waals surface area contributed by atoms with E-state index in [1.165, 1.54) is 6.08 Å². The summed E-state index contributed by atoms with van der Waals surface area (Å²) in [5, 5.41) is 11.9. The molecule has 0 aliphatic heterocycles. The third kappa shape index (κ3) is 2.41. The van der Waals surface area contributed by atoms with E-state index in [1.807, 2.05) is 25.1 Å². The van der Waals surface area contributed by atoms with Crippen LogP contribution in [-0.4, -0.2) is 0 Å². The van der Waals surface area contributed by atoms with Crippen LogP contribution in [0, 0.1) is 18.3 Å². The second kappa shape index (κ2) is 4.54. The van der Waals surface area contributed by atoms with Gasteiger partial charge in [-0.3, -0.25) is 0 Å². The van der Waals surface area contributed by atoms with Crippen molar-refractivity contribution in [2.75, 3.05) is 5.32 Å². The van der Waals surface area contributed by atoms with Crippen LogP contribution < -0.4 is 11.1 Å². The normalized spacial score (nSPS) is 10.8. The largest absolute Gasteiger partial charge is 0.385 e. The Morgan fingerprint density at radius 1 is 1.64 bits per heavy atom. The Balaban J connectivity index is 2.94. The standard InChI is InChI=1S/C10H10ClN3/c1-7-8(11)3-2-4-9(7)14-10(13)5-6-12/h2-5,14H,13H2,1H3/b10-5-. The fourth-order valence-corrected chi connectivity index (χ4v) is 1.18. The molecule has 0 unspecified atom stereocenters. The smallest absolute Gasteiger partial charge is 0.111 e. The Kier molecular flexibility index (Phi) is 3.38. The topological polar surface area (TPSA) is 61.8 Å². The van der Waals surface area contributed by atoms with Crippen molar-refractivity contribution >= 4 is 17.3 Å². The molecule has 1 aromatic rings. The van der Waals surface area contributed by atoms with Gasteiger partial charge >= 0.3 is 0 Å². The maximum Gasteiger partial charge on any atom is 0.111 e. The molecule has 0 fully saturated rings. The Morgan fingerprint density at radius 2 is 2.36 bits per heavy atom. The van der Waals surface area contributed by atoms with Crippen LogP contribution in [0.1, 0.15) is 5.56 Å². The minimum Gasteiger partial charge on any atom is -0.385 e. The molecule has 0 heterocycles. The molecule has 1 aromatic carbocycles. The van der Waals surface area contributed by atoms with Crippen molar-refractivity contribution in [1.29, 1.82) is 5.26 Å². The summed E-state index contributed by atoms with van der Waals surface area (Å²) in [6.07, 6.45) is 1.24. The third-order valence-electron chi connectivity index (χ3n) is 1.77. The number of rotatable bonds is 2. The molecule has 0 saturated carbocycles. The number of nitrogens with one attached hydrogen (secondary N) is 1. The van der Waals surface area contributed by atoms with E-state index in [0.29, 0.717) is 10.8 Å². The van der Waals surface area contributed by atoms with E-state index in [-0.39, 0.29) is 0 Å². The van der Waals surface area contributed by atoms with Gasteiger partial charge in [-0.15, -0.1) is 0 Å². The predicted molar refractivity (Wildman–Crippen MR) is 57.7 cm³/mol. The van der Waals surface area contributed by atoms with Crippen molar-refractivity contribution in [3.8, 4) is 6.07 Å². The van der Waals surface area contributed by atoms with Crippen molar-refractivity contribution in [1.82, 2.24) is 0 Å². The average molecular weight is 208 g/mol. The summed E-state index contributed by atoms with van der Waals surface area (Å²) in [5.74, 6) is 0.304. The highest BCUT2D eigenvalue weighted by atomic mass is 35.5. The van der Waals surface area contributed by atoms with E-state index < -0.39 is 0 Å². The van der Waals surface area contributed by atoms with Gasteiger partial charge in [0, 0.05) is 10.7 Å². The summed E-state index contributed by atoms with van der Waals surface area (Å²) in [4.78, 5) is 0. The first-order valence-electron chi connectivity index (χ1n) is 4.02. The van der Waals surface area contributed by atoms with E-state index >= 15 is 0 Å². The molecular weight excluding hydrogens is 198 g/mol. The van der Waals surface area contributed by atoms with Crippen LogP contribution >= 0.6 is 11.6 Å². The summed E-state index contributed by atoms with van der Waals surface area (Å²) in [6, 6.07) is 7.30. The molecule has 0 saturated heterocycles. The lowest BCUT2D eigenvalue weighted by atomic mass is 10.2. The minimum atomic E-state index is 0.304. The van der Waals surface area contributed by atoms with E-state index in [4.69, 9.17) is 22.6 Å². The highest BCUT2D eigenvalue weighted by Crippen LogP contribution is 2.23. The number of allylic oxidation sites excluding steroid dienone is 1. The number of nitrogens with two attached hydrogens (primary N) is 1. The lowest BCUT2D eigenvalue weighted by Gasteiger charge is -2.09. The maximum atomic E-state index is 8.37. The molecule has 1 rings (SSSR count). The quantitative estimate of drug-likeness (QED) is 0.732. The van der Waals surface area contributed by atoms with Crippen molar-refractivity contribution in [2.24, 2.45) is 5.73 Å². The van der Waals surface area contributed by atoms with E-state index in [2.05, 4.69) is 5.32 Å². The fraction of sp³-hybridized carbons (Fsp3) is 0.100. The van der Waals surface area contributed by atoms with Crippen LogP contribution in [-0.2, 0) is 0 Å². The Morgan fingerprint density at radius 3 is 3.00 bits per heavy atom. The van der Waals surface area contributed by atoms with Gasteiger partial charge in [0.2, 0.25) is 0 Å². The van der Waals surface area contributed by atoms with E-state index in [0.717, 1.165) is 11.3 Å². The minimum absolute atomic E-state index is 0.304. The first-order valence-corrected chi connectivity index (χ1v) is 4.40. The second-order valence-corrected chi connectivity index (χ2v) is 3.17. The van der Waals surface area contributed by atoms with Crippen LogP contribution in [0.5, 0.6) is 0 Å². The molecule has 0 aromatic heterocycles. The number of hydrogen-bond acceptors (Lipinski definition) is 3. The first-order chi connectivity index (χ1) is 6.65. The number of nitrogens with zero attached hydrogens (tertiary/aromatic N) is 1. The van der Waals surface area contributed by atoms with Crippen LogP contribution in [0.3, 0.4) is 0 Å².